The van der Waals surface area contributed by atoms with Crippen LogP contribution in [0.3, 0.4) is 0 Å². The molecule has 0 radical (unpaired) electrons. The molecule has 7 atom stereocenters. The minimum absolute atomic E-state index is 0.0381. The van der Waals surface area contributed by atoms with Gasteiger partial charge in [0, 0.05) is 128 Å². The number of nitrogens with two attached hydrogens (primary N) is 1. The lowest BCUT2D eigenvalue weighted by molar-refractivity contribution is -0.000448. The van der Waals surface area contributed by atoms with E-state index in [4.69, 9.17) is 45.7 Å². The summed E-state index contributed by atoms with van der Waals surface area (Å²) in [4.78, 5) is 65.6. The van der Waals surface area contributed by atoms with Crippen molar-refractivity contribution in [3.05, 3.63) is 199 Å². The molecular formula is C85H117N13O12S. The van der Waals surface area contributed by atoms with Crippen LogP contribution < -0.4 is 11.1 Å². The van der Waals surface area contributed by atoms with E-state index < -0.39 is 47.7 Å². The second-order valence-electron chi connectivity index (χ2n) is 32.6. The van der Waals surface area contributed by atoms with Gasteiger partial charge in [0.1, 0.15) is 36.5 Å². The van der Waals surface area contributed by atoms with Gasteiger partial charge in [-0.2, -0.15) is 0 Å². The predicted octanol–water partition coefficient (Wildman–Crippen LogP) is 12.3. The fourth-order valence-electron chi connectivity index (χ4n) is 15.2. The summed E-state index contributed by atoms with van der Waals surface area (Å²) in [6.07, 6.45) is -0.628. The molecule has 7 aromatic rings. The molecule has 111 heavy (non-hydrogen) atoms. The Morgan fingerprint density at radius 3 is 1.26 bits per heavy atom. The first-order valence-electron chi connectivity index (χ1n) is 39.1. The molecule has 0 saturated carbocycles. The molecule has 0 aliphatic carbocycles. The van der Waals surface area contributed by atoms with Crippen LogP contribution in [0.15, 0.2) is 106 Å². The molecule has 0 spiro atoms. The van der Waals surface area contributed by atoms with Gasteiger partial charge in [-0.1, -0.05) is 126 Å². The molecule has 26 heteroatoms. The molecule has 5 N–H and O–H groups in total. The standard InChI is InChI=1S/C34H45N5O6.C29H37N5O4.C22H35N3O2S/c1-22-16-26(24(3)27(17-22)20-37-14-15-38(23(2)19-37)33(42)45-34(4,5)6)18-29-35-36-31(44-29)30-28(40)12-13-39(30)32(41)43-21-25-10-8-7-9-11-25;1-19-13-23(21(3)24(14-19)17-33-12-10-30-20(2)16-33)15-26-31-32-28(38-26)27-25(35)9-11-34(27)29(36)37-18-22-7-5-4-6-8-22;1-15-9-18(11-20(28)12-23)17(3)19(10-15)14-24-7-8-25(16(2)13-24)21(26)27-22(4,5)6/h7-11,16-17,23,28,30,40H,12-15,18-21H2,1-6H3;4-8,13-14,20,25,27,30,35H,9-12,15-18H2,1-3H3;9-10,16H,7-8,11-14,23H2,1-6H3/t23-,28+,30-;20-,25+,27-;16-/m000/s1. The van der Waals surface area contributed by atoms with Gasteiger partial charge in [0.2, 0.25) is 23.6 Å². The number of hydrogen-bond donors (Lipinski definition) is 4. The zero-order chi connectivity index (χ0) is 80.0. The smallest absolute Gasteiger partial charge is 0.410 e. The van der Waals surface area contributed by atoms with Crippen molar-refractivity contribution in [3.8, 4) is 0 Å². The lowest BCUT2D eigenvalue weighted by Crippen LogP contribution is -2.54. The zero-order valence-corrected chi connectivity index (χ0v) is 68.5. The quantitative estimate of drug-likeness (QED) is 0.0432. The first-order valence-corrected chi connectivity index (χ1v) is 39.5. The maximum absolute atomic E-state index is 12.9. The third-order valence-electron chi connectivity index (χ3n) is 21.0. The molecule has 2 aromatic heterocycles. The highest BCUT2D eigenvalue weighted by Crippen LogP contribution is 2.36. The van der Waals surface area contributed by atoms with Crippen LogP contribution in [0.5, 0.6) is 0 Å². The minimum atomic E-state index is -0.826. The molecule has 5 aliphatic rings. The molecule has 25 nitrogen and oxygen atoms in total. The van der Waals surface area contributed by atoms with Gasteiger partial charge >= 0.3 is 24.4 Å². The summed E-state index contributed by atoms with van der Waals surface area (Å²) in [6.45, 7) is 42.0. The zero-order valence-electron chi connectivity index (χ0n) is 67.7. The predicted molar refractivity (Wildman–Crippen MR) is 429 cm³/mol. The average Bonchev–Trinajstić information content (AvgIpc) is 1.69. The second kappa shape index (κ2) is 38.2. The number of ether oxygens (including phenoxy) is 4. The lowest BCUT2D eigenvalue weighted by atomic mass is 9.95. The summed E-state index contributed by atoms with van der Waals surface area (Å²) >= 11 is 5.35. The number of hydrogen-bond acceptors (Lipinski definition) is 22. The number of aliphatic hydroxyl groups excluding tert-OH is 2. The fourth-order valence-corrected chi connectivity index (χ4v) is 15.3. The van der Waals surface area contributed by atoms with Gasteiger partial charge in [-0.05, 0) is 178 Å². The number of aliphatic hydroxyl groups is 2. The number of benzene rings is 5. The van der Waals surface area contributed by atoms with Crippen molar-refractivity contribution >= 4 is 41.5 Å². The molecule has 0 bridgehead atoms. The number of piperazine rings is 3. The van der Waals surface area contributed by atoms with Gasteiger partial charge in [0.15, 0.2) is 0 Å². The number of nitrogens with zero attached hydrogens (tertiary/aromatic N) is 11. The summed E-state index contributed by atoms with van der Waals surface area (Å²) in [5, 5.41) is 41.9. The Balaban J connectivity index is 0.000000182. The van der Waals surface area contributed by atoms with Crippen LogP contribution in [0.2, 0.25) is 0 Å². The van der Waals surface area contributed by atoms with E-state index in [1.54, 1.807) is 0 Å². The van der Waals surface area contributed by atoms with Gasteiger partial charge in [-0.15, -0.1) is 20.4 Å². The van der Waals surface area contributed by atoms with Crippen molar-refractivity contribution < 1.29 is 57.2 Å². The van der Waals surface area contributed by atoms with Gasteiger partial charge in [-0.25, -0.2) is 19.2 Å². The Morgan fingerprint density at radius 2 is 0.883 bits per heavy atom. The van der Waals surface area contributed by atoms with Crippen LogP contribution in [0, 0.1) is 41.5 Å². The van der Waals surface area contributed by atoms with Gasteiger partial charge in [0.25, 0.3) is 0 Å². The number of aromatic nitrogens is 4. The van der Waals surface area contributed by atoms with Gasteiger partial charge < -0.3 is 58.8 Å². The van der Waals surface area contributed by atoms with Crippen molar-refractivity contribution in [1.82, 2.24) is 60.0 Å². The van der Waals surface area contributed by atoms with E-state index in [2.05, 4.69) is 139 Å². The summed E-state index contributed by atoms with van der Waals surface area (Å²) < 4.78 is 34.3. The normalized spacial score (nSPS) is 20.6. The molecule has 5 aliphatic heterocycles. The third-order valence-corrected chi connectivity index (χ3v) is 21.3. The van der Waals surface area contributed by atoms with Crippen molar-refractivity contribution in [2.45, 2.75) is 222 Å². The van der Waals surface area contributed by atoms with Crippen LogP contribution in [0.1, 0.15) is 189 Å². The van der Waals surface area contributed by atoms with Gasteiger partial charge in [0.05, 0.1) is 25.0 Å². The van der Waals surface area contributed by atoms with Crippen LogP contribution in [-0.2, 0) is 71.1 Å². The molecular weight excluding hydrogens is 1430 g/mol. The van der Waals surface area contributed by atoms with Crippen molar-refractivity contribution in [3.63, 3.8) is 0 Å². The molecule has 4 amide bonds. The van der Waals surface area contributed by atoms with Crippen LogP contribution >= 0.6 is 12.2 Å². The van der Waals surface area contributed by atoms with Crippen molar-refractivity contribution in [2.75, 3.05) is 78.5 Å². The maximum Gasteiger partial charge on any atom is 0.410 e. The van der Waals surface area contributed by atoms with E-state index in [1.807, 2.05) is 112 Å². The van der Waals surface area contributed by atoms with E-state index in [9.17, 15) is 29.4 Å². The number of aryl methyl sites for hydroxylation is 3. The summed E-state index contributed by atoms with van der Waals surface area (Å²) in [5.41, 5.74) is 21.1. The van der Waals surface area contributed by atoms with Crippen LogP contribution in [0.4, 0.5) is 19.2 Å². The molecule has 5 fully saturated rings. The molecule has 600 valence electrons. The number of thiocarbonyl (C=S) groups is 1. The van der Waals surface area contributed by atoms with E-state index in [0.29, 0.717) is 76.2 Å². The topological polar surface area (TPSA) is 284 Å². The minimum Gasteiger partial charge on any atom is -0.445 e. The fraction of sp³-hybridized carbons (Fsp3) is 0.541. The van der Waals surface area contributed by atoms with E-state index in [-0.39, 0.29) is 49.3 Å². The summed E-state index contributed by atoms with van der Waals surface area (Å²) in [6, 6.07) is 31.4. The van der Waals surface area contributed by atoms with Crippen LogP contribution in [-0.4, -0.2) is 214 Å². The Bertz CT molecular complexity index is 4300. The first kappa shape index (κ1) is 84.7. The van der Waals surface area contributed by atoms with Crippen molar-refractivity contribution in [2.24, 2.45) is 5.73 Å². The number of nitrogens with one attached hydrogen (secondary N) is 1. The number of likely N-dealkylation sites (tertiary alicyclic amines) is 2. The number of rotatable bonds is 19. The Morgan fingerprint density at radius 1 is 0.505 bits per heavy atom. The molecule has 12 rings (SSSR count). The number of carbonyl (C=O) groups excluding carboxylic acids is 4. The Hall–Kier alpha value is -8.73. The SMILES string of the molecule is Cc1cc(CC(=S)CN)c(C)c(CN2CCN(C(=O)OC(C)(C)C)[C@@H](C)C2)c1.Cc1cc(Cc2nnc([C@@H]3[C@H](O)CCN3C(=O)OCc3ccccc3)o2)c(C)c(CN2CCN(C(=O)OC(C)(C)C)[C@@H](C)C2)c1.Cc1cc(Cc2nnc([C@@H]3[C@H](O)CCN3C(=O)OCc3ccccc3)o2)c(C)c(CN2CCN[C@@H](C)C2)c1. The highest BCUT2D eigenvalue weighted by molar-refractivity contribution is 7.80. The summed E-state index contributed by atoms with van der Waals surface area (Å²) in [7, 11) is 0. The van der Waals surface area contributed by atoms with E-state index in [1.165, 1.54) is 54.3 Å². The Kier molecular flexibility index (Phi) is 29.2. The molecule has 7 heterocycles. The molecule has 0 unspecified atom stereocenters. The second-order valence-corrected chi connectivity index (χ2v) is 33.2. The van der Waals surface area contributed by atoms with E-state index >= 15 is 0 Å². The van der Waals surface area contributed by atoms with Crippen LogP contribution in [0.25, 0.3) is 0 Å². The highest BCUT2D eigenvalue weighted by Gasteiger charge is 2.44. The van der Waals surface area contributed by atoms with Gasteiger partial charge in [-0.3, -0.25) is 24.5 Å². The molecule has 5 aromatic carbocycles. The number of carbonyl (C=O) groups is 4. The first-order chi connectivity index (χ1) is 52.7. The number of amides is 4. The lowest BCUT2D eigenvalue weighted by Gasteiger charge is -2.40. The third kappa shape index (κ3) is 23.7. The largest absolute Gasteiger partial charge is 0.445 e. The Labute approximate surface area is 660 Å². The van der Waals surface area contributed by atoms with Crippen molar-refractivity contribution in [1.29, 1.82) is 0 Å². The van der Waals surface area contributed by atoms with E-state index in [0.717, 1.165) is 110 Å². The maximum atomic E-state index is 12.9. The summed E-state index contributed by atoms with van der Waals surface area (Å²) in [5.74, 6) is 1.32. The average molecular weight is 1550 g/mol. The molecule has 5 saturated heterocycles. The monoisotopic (exact) mass is 1540 g/mol. The highest BCUT2D eigenvalue weighted by atomic mass is 32.1.